The molecule has 2 aromatic carbocycles. The van der Waals surface area contributed by atoms with E-state index in [1.165, 1.54) is 5.56 Å². The maximum absolute atomic E-state index is 4.57. The van der Waals surface area contributed by atoms with Crippen molar-refractivity contribution in [3.05, 3.63) is 48.0 Å². The summed E-state index contributed by atoms with van der Waals surface area (Å²) >= 11 is 6.18. The lowest BCUT2D eigenvalue weighted by Gasteiger charge is -2.00. The maximum atomic E-state index is 4.57. The monoisotopic (exact) mass is 272 g/mol. The molecule has 0 radical (unpaired) electrons. The Hall–Kier alpha value is -1.52. The van der Waals surface area contributed by atoms with Crippen LogP contribution in [-0.4, -0.2) is 4.98 Å². The summed E-state index contributed by atoms with van der Waals surface area (Å²) in [5, 5.41) is 4.21. The van der Waals surface area contributed by atoms with Gasteiger partial charge in [-0.05, 0) is 30.7 Å². The number of hydrogen-bond donors (Lipinski definition) is 2. The highest BCUT2D eigenvalue weighted by Gasteiger charge is 2.08. The van der Waals surface area contributed by atoms with Crippen molar-refractivity contribution in [3.8, 4) is 0 Å². The van der Waals surface area contributed by atoms with Crippen molar-refractivity contribution in [2.45, 2.75) is 11.8 Å². The quantitative estimate of drug-likeness (QED) is 0.664. The minimum Gasteiger partial charge on any atom is -0.332 e. The number of thiazole rings is 1. The zero-order valence-corrected chi connectivity index (χ0v) is 11.6. The Labute approximate surface area is 115 Å². The standard InChI is InChI=1S/C14H12N2S2/c1-9-7-8-11-13(12(9)17)18-14(16-11)15-10-5-3-2-4-6-10/h2-8,17H,1H3,(H,15,16). The summed E-state index contributed by atoms with van der Waals surface area (Å²) in [6.45, 7) is 2.06. The molecule has 4 heteroatoms. The highest BCUT2D eigenvalue weighted by molar-refractivity contribution is 7.80. The van der Waals surface area contributed by atoms with Crippen LogP contribution in [-0.2, 0) is 0 Å². The van der Waals surface area contributed by atoms with Crippen LogP contribution in [0.3, 0.4) is 0 Å². The molecule has 1 aromatic heterocycles. The van der Waals surface area contributed by atoms with Gasteiger partial charge in [0.2, 0.25) is 0 Å². The van der Waals surface area contributed by atoms with Crippen molar-refractivity contribution in [2.24, 2.45) is 0 Å². The molecule has 0 aliphatic heterocycles. The van der Waals surface area contributed by atoms with Gasteiger partial charge in [0.1, 0.15) is 0 Å². The SMILES string of the molecule is Cc1ccc2nc(Nc3ccccc3)sc2c1S. The lowest BCUT2D eigenvalue weighted by Crippen LogP contribution is -1.87. The third-order valence-electron chi connectivity index (χ3n) is 2.76. The first-order valence-corrected chi connectivity index (χ1v) is 6.91. The van der Waals surface area contributed by atoms with E-state index in [9.17, 15) is 0 Å². The van der Waals surface area contributed by atoms with Crippen molar-refractivity contribution in [1.82, 2.24) is 4.98 Å². The number of nitrogens with one attached hydrogen (secondary N) is 1. The number of aryl methyl sites for hydroxylation is 1. The fraction of sp³-hybridized carbons (Fsp3) is 0.0714. The van der Waals surface area contributed by atoms with Crippen LogP contribution in [0.2, 0.25) is 0 Å². The zero-order valence-electron chi connectivity index (χ0n) is 9.84. The zero-order chi connectivity index (χ0) is 12.5. The van der Waals surface area contributed by atoms with Crippen LogP contribution >= 0.6 is 24.0 Å². The minimum absolute atomic E-state index is 0.900. The Morgan fingerprint density at radius 3 is 2.67 bits per heavy atom. The molecule has 0 fully saturated rings. The summed E-state index contributed by atoms with van der Waals surface area (Å²) in [5.74, 6) is 0. The van der Waals surface area contributed by atoms with Crippen LogP contribution in [0.5, 0.6) is 0 Å². The molecule has 0 saturated carbocycles. The van der Waals surface area contributed by atoms with E-state index in [0.717, 1.165) is 25.9 Å². The van der Waals surface area contributed by atoms with Gasteiger partial charge in [-0.2, -0.15) is 0 Å². The Balaban J connectivity index is 2.02. The predicted octanol–water partition coefficient (Wildman–Crippen LogP) is 4.64. The molecule has 0 bridgehead atoms. The van der Waals surface area contributed by atoms with Crippen LogP contribution in [0.1, 0.15) is 5.56 Å². The number of aromatic nitrogens is 1. The normalized spacial score (nSPS) is 10.8. The fourth-order valence-corrected chi connectivity index (χ4v) is 3.08. The molecule has 0 amide bonds. The van der Waals surface area contributed by atoms with Gasteiger partial charge < -0.3 is 5.32 Å². The second-order valence-corrected chi connectivity index (χ2v) is 5.54. The lowest BCUT2D eigenvalue weighted by atomic mass is 10.2. The van der Waals surface area contributed by atoms with Crippen molar-refractivity contribution >= 4 is 45.0 Å². The van der Waals surface area contributed by atoms with E-state index in [0.29, 0.717) is 0 Å². The molecule has 1 heterocycles. The van der Waals surface area contributed by atoms with Gasteiger partial charge in [0.15, 0.2) is 5.13 Å². The summed E-state index contributed by atoms with van der Waals surface area (Å²) in [6, 6.07) is 14.2. The molecule has 0 saturated heterocycles. The smallest absolute Gasteiger partial charge is 0.188 e. The molecule has 0 aliphatic carbocycles. The number of rotatable bonds is 2. The number of hydrogen-bond acceptors (Lipinski definition) is 4. The van der Waals surface area contributed by atoms with Gasteiger partial charge in [-0.1, -0.05) is 35.6 Å². The highest BCUT2D eigenvalue weighted by Crippen LogP contribution is 2.34. The molecular formula is C14H12N2S2. The van der Waals surface area contributed by atoms with Crippen LogP contribution < -0.4 is 5.32 Å². The van der Waals surface area contributed by atoms with Crippen LogP contribution in [0.15, 0.2) is 47.4 Å². The van der Waals surface area contributed by atoms with Gasteiger partial charge in [0, 0.05) is 10.6 Å². The third-order valence-corrected chi connectivity index (χ3v) is 4.49. The van der Waals surface area contributed by atoms with Gasteiger partial charge in [-0.25, -0.2) is 4.98 Å². The van der Waals surface area contributed by atoms with Crippen molar-refractivity contribution in [3.63, 3.8) is 0 Å². The fourth-order valence-electron chi connectivity index (χ4n) is 1.77. The number of para-hydroxylation sites is 1. The molecular weight excluding hydrogens is 260 g/mol. The molecule has 0 unspecified atom stereocenters. The summed E-state index contributed by atoms with van der Waals surface area (Å²) in [5.41, 5.74) is 3.23. The van der Waals surface area contributed by atoms with E-state index in [1.54, 1.807) is 11.3 Å². The number of nitrogens with zero attached hydrogens (tertiary/aromatic N) is 1. The van der Waals surface area contributed by atoms with Crippen molar-refractivity contribution in [1.29, 1.82) is 0 Å². The molecule has 18 heavy (non-hydrogen) atoms. The second kappa shape index (κ2) is 4.63. The Bertz CT molecular complexity index is 690. The van der Waals surface area contributed by atoms with Crippen molar-refractivity contribution < 1.29 is 0 Å². The summed E-state index contributed by atoms with van der Waals surface area (Å²) < 4.78 is 1.14. The molecule has 3 aromatic rings. The first-order chi connectivity index (χ1) is 8.74. The number of thiol groups is 1. The van der Waals surface area contributed by atoms with Crippen LogP contribution in [0.25, 0.3) is 10.2 Å². The molecule has 0 atom stereocenters. The topological polar surface area (TPSA) is 24.9 Å². The Morgan fingerprint density at radius 2 is 1.89 bits per heavy atom. The molecule has 0 aliphatic rings. The molecule has 3 rings (SSSR count). The summed E-state index contributed by atoms with van der Waals surface area (Å²) in [7, 11) is 0. The van der Waals surface area contributed by atoms with E-state index in [2.05, 4.69) is 35.9 Å². The van der Waals surface area contributed by atoms with Gasteiger partial charge >= 0.3 is 0 Å². The molecule has 1 N–H and O–H groups in total. The van der Waals surface area contributed by atoms with Gasteiger partial charge in [0.25, 0.3) is 0 Å². The Kier molecular flexibility index (Phi) is 2.97. The lowest BCUT2D eigenvalue weighted by molar-refractivity contribution is 1.36. The molecule has 2 nitrogen and oxygen atoms in total. The largest absolute Gasteiger partial charge is 0.332 e. The number of fused-ring (bicyclic) bond motifs is 1. The maximum Gasteiger partial charge on any atom is 0.188 e. The second-order valence-electron chi connectivity index (χ2n) is 4.09. The first-order valence-electron chi connectivity index (χ1n) is 5.65. The van der Waals surface area contributed by atoms with Gasteiger partial charge in [-0.3, -0.25) is 0 Å². The van der Waals surface area contributed by atoms with Crippen LogP contribution in [0, 0.1) is 6.92 Å². The Morgan fingerprint density at radius 1 is 1.11 bits per heavy atom. The van der Waals surface area contributed by atoms with E-state index in [4.69, 9.17) is 0 Å². The molecule has 0 spiro atoms. The summed E-state index contributed by atoms with van der Waals surface area (Å²) in [6.07, 6.45) is 0. The number of benzene rings is 2. The third kappa shape index (κ3) is 2.09. The van der Waals surface area contributed by atoms with Crippen molar-refractivity contribution in [2.75, 3.05) is 5.32 Å². The minimum atomic E-state index is 0.900. The van der Waals surface area contributed by atoms with Gasteiger partial charge in [-0.15, -0.1) is 12.6 Å². The molecule has 90 valence electrons. The average molecular weight is 272 g/mol. The summed E-state index contributed by atoms with van der Waals surface area (Å²) in [4.78, 5) is 5.59. The average Bonchev–Trinajstić information content (AvgIpc) is 2.79. The van der Waals surface area contributed by atoms with E-state index in [-0.39, 0.29) is 0 Å². The van der Waals surface area contributed by atoms with E-state index < -0.39 is 0 Å². The predicted molar refractivity (Wildman–Crippen MR) is 81.3 cm³/mol. The van der Waals surface area contributed by atoms with Gasteiger partial charge in [0.05, 0.1) is 10.2 Å². The first kappa shape index (κ1) is 11.6. The van der Waals surface area contributed by atoms with E-state index in [1.807, 2.05) is 36.4 Å². The number of anilines is 2. The van der Waals surface area contributed by atoms with E-state index >= 15 is 0 Å². The van der Waals surface area contributed by atoms with Crippen LogP contribution in [0.4, 0.5) is 10.8 Å². The highest BCUT2D eigenvalue weighted by atomic mass is 32.1.